The third-order valence-electron chi connectivity index (χ3n) is 4.76. The average molecular weight is 264 g/mol. The van der Waals surface area contributed by atoms with Crippen LogP contribution in [0.3, 0.4) is 0 Å². The van der Waals surface area contributed by atoms with Crippen molar-refractivity contribution in [3.8, 4) is 0 Å². The second kappa shape index (κ2) is 5.39. The van der Waals surface area contributed by atoms with Gasteiger partial charge in [-0.25, -0.2) is 0 Å². The van der Waals surface area contributed by atoms with Crippen LogP contribution in [0.15, 0.2) is 0 Å². The van der Waals surface area contributed by atoms with Gasteiger partial charge in [0.2, 0.25) is 0 Å². The van der Waals surface area contributed by atoms with Gasteiger partial charge in [0.1, 0.15) is 0 Å². The summed E-state index contributed by atoms with van der Waals surface area (Å²) < 4.78 is 39.4. The molecule has 0 unspecified atom stereocenters. The smallest absolute Gasteiger partial charge is 0.345 e. The predicted molar refractivity (Wildman–Crippen MR) is 62.3 cm³/mol. The topological polar surface area (TPSA) is 27.7 Å². The molecule has 0 aromatic heterocycles. The molecule has 2 bridgehead atoms. The van der Waals surface area contributed by atoms with Crippen molar-refractivity contribution in [1.29, 1.82) is 0 Å². The lowest BCUT2D eigenvalue weighted by Crippen LogP contribution is -2.25. The normalized spacial score (nSPS) is 35.0. The standard InChI is InChI=1S/C13H22F2O3/c1-16-10(17-2)7-12-3-5-13(8-12,6-4-12)9-18-11(14)15/h10-11H,3-9H2,1-2H3. The van der Waals surface area contributed by atoms with Crippen LogP contribution in [-0.4, -0.2) is 33.7 Å². The van der Waals surface area contributed by atoms with Gasteiger partial charge in [-0.1, -0.05) is 0 Å². The van der Waals surface area contributed by atoms with Crippen LogP contribution in [0.1, 0.15) is 38.5 Å². The zero-order chi connectivity index (χ0) is 13.2. The van der Waals surface area contributed by atoms with Gasteiger partial charge in [0.25, 0.3) is 0 Å². The number of ether oxygens (including phenoxy) is 3. The van der Waals surface area contributed by atoms with E-state index in [2.05, 4.69) is 4.74 Å². The monoisotopic (exact) mass is 264 g/mol. The summed E-state index contributed by atoms with van der Waals surface area (Å²) in [7, 11) is 3.28. The Morgan fingerprint density at radius 3 is 2.06 bits per heavy atom. The van der Waals surface area contributed by atoms with E-state index in [0.29, 0.717) is 0 Å². The van der Waals surface area contributed by atoms with Crippen molar-refractivity contribution in [3.63, 3.8) is 0 Å². The lowest BCUT2D eigenvalue weighted by molar-refractivity contribution is -0.151. The Hall–Kier alpha value is -0.260. The van der Waals surface area contributed by atoms with Crippen LogP contribution >= 0.6 is 0 Å². The number of halogens is 2. The quantitative estimate of drug-likeness (QED) is 0.661. The Morgan fingerprint density at radius 1 is 1.00 bits per heavy atom. The summed E-state index contributed by atoms with van der Waals surface area (Å²) in [6.07, 6.45) is 5.76. The molecule has 0 aromatic rings. The zero-order valence-corrected chi connectivity index (χ0v) is 11.1. The Balaban J connectivity index is 1.92. The molecule has 0 aromatic carbocycles. The lowest BCUT2D eigenvalue weighted by atomic mass is 9.80. The van der Waals surface area contributed by atoms with E-state index in [0.717, 1.165) is 38.5 Å². The first-order valence-electron chi connectivity index (χ1n) is 6.49. The number of rotatable bonds is 7. The molecule has 0 aliphatic heterocycles. The van der Waals surface area contributed by atoms with Gasteiger partial charge in [0.15, 0.2) is 6.29 Å². The molecule has 0 N–H and O–H groups in total. The molecule has 2 fully saturated rings. The first kappa shape index (κ1) is 14.2. The summed E-state index contributed by atoms with van der Waals surface area (Å²) in [5.41, 5.74) is 0.185. The van der Waals surface area contributed by atoms with Crippen molar-refractivity contribution in [2.45, 2.75) is 51.4 Å². The van der Waals surface area contributed by atoms with E-state index in [4.69, 9.17) is 9.47 Å². The number of methoxy groups -OCH3 is 2. The van der Waals surface area contributed by atoms with Gasteiger partial charge in [-0.3, -0.25) is 0 Å². The van der Waals surface area contributed by atoms with E-state index >= 15 is 0 Å². The van der Waals surface area contributed by atoms with Gasteiger partial charge in [-0.05, 0) is 42.9 Å². The molecular formula is C13H22F2O3. The van der Waals surface area contributed by atoms with Crippen LogP contribution in [0.4, 0.5) is 8.78 Å². The van der Waals surface area contributed by atoms with E-state index in [-0.39, 0.29) is 23.7 Å². The van der Waals surface area contributed by atoms with Crippen molar-refractivity contribution in [1.82, 2.24) is 0 Å². The summed E-state index contributed by atoms with van der Waals surface area (Å²) in [6, 6.07) is 0. The van der Waals surface area contributed by atoms with Gasteiger partial charge in [0, 0.05) is 20.6 Å². The van der Waals surface area contributed by atoms with E-state index in [1.54, 1.807) is 14.2 Å². The van der Waals surface area contributed by atoms with E-state index in [9.17, 15) is 8.78 Å². The van der Waals surface area contributed by atoms with Crippen LogP contribution in [-0.2, 0) is 14.2 Å². The summed E-state index contributed by atoms with van der Waals surface area (Å²) in [4.78, 5) is 0. The van der Waals surface area contributed by atoms with Crippen molar-refractivity contribution >= 4 is 0 Å². The van der Waals surface area contributed by atoms with Crippen LogP contribution in [0, 0.1) is 10.8 Å². The SMILES string of the molecule is COC(CC12CCC(COC(F)F)(CC1)C2)OC. The molecule has 2 aliphatic carbocycles. The van der Waals surface area contributed by atoms with Crippen LogP contribution < -0.4 is 0 Å². The second-order valence-corrected chi connectivity index (χ2v) is 5.85. The Kier molecular flexibility index (Phi) is 4.24. The molecule has 2 saturated carbocycles. The maximum Gasteiger partial charge on any atom is 0.345 e. The van der Waals surface area contributed by atoms with E-state index < -0.39 is 6.61 Å². The highest BCUT2D eigenvalue weighted by molar-refractivity contribution is 5.04. The molecule has 18 heavy (non-hydrogen) atoms. The van der Waals surface area contributed by atoms with Gasteiger partial charge < -0.3 is 14.2 Å². The van der Waals surface area contributed by atoms with Crippen LogP contribution in [0.25, 0.3) is 0 Å². The number of hydrogen-bond acceptors (Lipinski definition) is 3. The molecule has 106 valence electrons. The highest BCUT2D eigenvalue weighted by Crippen LogP contribution is 2.63. The largest absolute Gasteiger partial charge is 0.356 e. The summed E-state index contributed by atoms with van der Waals surface area (Å²) in [5.74, 6) is 0. The van der Waals surface area contributed by atoms with Gasteiger partial charge >= 0.3 is 6.61 Å². The molecule has 0 saturated heterocycles. The predicted octanol–water partition coefficient (Wildman–Crippen LogP) is 3.19. The maximum absolute atomic E-state index is 12.2. The second-order valence-electron chi connectivity index (χ2n) is 5.85. The fourth-order valence-electron chi connectivity index (χ4n) is 3.79. The van der Waals surface area contributed by atoms with Crippen molar-refractivity contribution in [2.75, 3.05) is 20.8 Å². The zero-order valence-electron chi connectivity index (χ0n) is 11.1. The molecule has 2 rings (SSSR count). The molecule has 0 heterocycles. The minimum Gasteiger partial charge on any atom is -0.356 e. The summed E-state index contributed by atoms with van der Waals surface area (Å²) >= 11 is 0. The molecule has 0 amide bonds. The Labute approximate surface area is 107 Å². The number of alkyl halides is 2. The third-order valence-corrected chi connectivity index (χ3v) is 4.76. The third kappa shape index (κ3) is 2.83. The van der Waals surface area contributed by atoms with Crippen molar-refractivity contribution < 1.29 is 23.0 Å². The molecule has 0 atom stereocenters. The average Bonchev–Trinajstić information content (AvgIpc) is 2.90. The molecule has 0 spiro atoms. The number of fused-ring (bicyclic) bond motifs is 2. The van der Waals surface area contributed by atoms with Crippen LogP contribution in [0.5, 0.6) is 0 Å². The Bertz CT molecular complexity index is 271. The Morgan fingerprint density at radius 2 is 1.56 bits per heavy atom. The molecule has 5 heteroatoms. The first-order valence-corrected chi connectivity index (χ1v) is 6.49. The van der Waals surface area contributed by atoms with E-state index in [1.807, 2.05) is 0 Å². The molecule has 3 nitrogen and oxygen atoms in total. The lowest BCUT2D eigenvalue weighted by Gasteiger charge is -2.30. The molecular weight excluding hydrogens is 242 g/mol. The fourth-order valence-corrected chi connectivity index (χ4v) is 3.79. The van der Waals surface area contributed by atoms with E-state index in [1.165, 1.54) is 0 Å². The highest BCUT2D eigenvalue weighted by atomic mass is 19.3. The van der Waals surface area contributed by atoms with Gasteiger partial charge in [-0.15, -0.1) is 0 Å². The van der Waals surface area contributed by atoms with Gasteiger partial charge in [0.05, 0.1) is 6.61 Å². The van der Waals surface area contributed by atoms with Crippen molar-refractivity contribution in [2.24, 2.45) is 10.8 Å². The maximum atomic E-state index is 12.2. The first-order chi connectivity index (χ1) is 8.53. The number of hydrogen-bond donors (Lipinski definition) is 0. The van der Waals surface area contributed by atoms with Gasteiger partial charge in [-0.2, -0.15) is 8.78 Å². The van der Waals surface area contributed by atoms with Crippen LogP contribution in [0.2, 0.25) is 0 Å². The summed E-state index contributed by atoms with van der Waals surface area (Å²) in [5, 5.41) is 0. The van der Waals surface area contributed by atoms with Crippen molar-refractivity contribution in [3.05, 3.63) is 0 Å². The fraction of sp³-hybridized carbons (Fsp3) is 1.00. The minimum atomic E-state index is -2.65. The highest BCUT2D eigenvalue weighted by Gasteiger charge is 2.54. The molecule has 0 radical (unpaired) electrons. The minimum absolute atomic E-state index is 0.0253. The molecule has 2 aliphatic rings. The summed E-state index contributed by atoms with van der Waals surface area (Å²) in [6.45, 7) is -2.46.